The lowest BCUT2D eigenvalue weighted by molar-refractivity contribution is 0.130. The molecule has 1 unspecified atom stereocenters. The van der Waals surface area contributed by atoms with Crippen LogP contribution < -0.4 is 5.73 Å². The highest BCUT2D eigenvalue weighted by Gasteiger charge is 2.21. The van der Waals surface area contributed by atoms with Gasteiger partial charge < -0.3 is 10.6 Å². The first-order valence-corrected chi connectivity index (χ1v) is 7.66. The molecule has 1 saturated heterocycles. The predicted octanol–water partition coefficient (Wildman–Crippen LogP) is 2.34. The van der Waals surface area contributed by atoms with Crippen molar-refractivity contribution in [3.63, 3.8) is 0 Å². The van der Waals surface area contributed by atoms with Crippen LogP contribution in [0.15, 0.2) is 30.5 Å². The van der Waals surface area contributed by atoms with Gasteiger partial charge in [0.2, 0.25) is 0 Å². The van der Waals surface area contributed by atoms with E-state index in [1.807, 2.05) is 18.3 Å². The van der Waals surface area contributed by atoms with Crippen molar-refractivity contribution < 1.29 is 0 Å². The summed E-state index contributed by atoms with van der Waals surface area (Å²) < 4.78 is 0. The molecule has 4 nitrogen and oxygen atoms in total. The van der Waals surface area contributed by atoms with Crippen LogP contribution in [0.5, 0.6) is 0 Å². The molecule has 0 radical (unpaired) electrons. The zero-order chi connectivity index (χ0) is 14.8. The molecule has 0 amide bonds. The molecule has 112 valence electrons. The number of rotatable bonds is 3. The van der Waals surface area contributed by atoms with Crippen LogP contribution >= 0.6 is 0 Å². The number of nitrogens with zero attached hydrogens (tertiary/aromatic N) is 3. The highest BCUT2D eigenvalue weighted by Crippen LogP contribution is 2.24. The second-order valence-corrected chi connectivity index (χ2v) is 6.19. The topological polar surface area (TPSA) is 45.4 Å². The van der Waals surface area contributed by atoms with Crippen molar-refractivity contribution in [3.8, 4) is 0 Å². The third kappa shape index (κ3) is 3.01. The average molecular weight is 284 g/mol. The Hall–Kier alpha value is -1.65. The molecule has 0 bridgehead atoms. The van der Waals surface area contributed by atoms with E-state index in [1.165, 1.54) is 24.9 Å². The van der Waals surface area contributed by atoms with Crippen molar-refractivity contribution in [1.82, 2.24) is 14.8 Å². The van der Waals surface area contributed by atoms with E-state index in [1.54, 1.807) is 0 Å². The molecule has 3 rings (SSSR count). The number of likely N-dealkylation sites (N-methyl/N-ethyl adjacent to an activating group) is 2. The summed E-state index contributed by atoms with van der Waals surface area (Å²) in [5, 5.41) is 1.06. The van der Waals surface area contributed by atoms with E-state index in [2.05, 4.69) is 41.0 Å². The van der Waals surface area contributed by atoms with Crippen LogP contribution in [-0.2, 0) is 6.54 Å². The van der Waals surface area contributed by atoms with Crippen LogP contribution in [0.25, 0.3) is 10.9 Å². The minimum atomic E-state index is 0.625. The van der Waals surface area contributed by atoms with E-state index in [0.717, 1.165) is 29.7 Å². The van der Waals surface area contributed by atoms with Gasteiger partial charge in [0, 0.05) is 36.4 Å². The van der Waals surface area contributed by atoms with Crippen LogP contribution in [0.3, 0.4) is 0 Å². The van der Waals surface area contributed by atoms with Gasteiger partial charge in [-0.2, -0.15) is 0 Å². The Morgan fingerprint density at radius 1 is 1.38 bits per heavy atom. The summed E-state index contributed by atoms with van der Waals surface area (Å²) in [7, 11) is 4.43. The molecule has 0 aliphatic carbocycles. The number of anilines is 1. The van der Waals surface area contributed by atoms with Crippen LogP contribution in [0.1, 0.15) is 18.4 Å². The van der Waals surface area contributed by atoms with Crippen molar-refractivity contribution in [3.05, 3.63) is 36.0 Å². The summed E-state index contributed by atoms with van der Waals surface area (Å²) in [5.74, 6) is 0. The fourth-order valence-electron chi connectivity index (χ4n) is 3.28. The molecule has 1 fully saturated rings. The first-order valence-electron chi connectivity index (χ1n) is 7.66. The van der Waals surface area contributed by atoms with Crippen LogP contribution in [0.2, 0.25) is 0 Å². The minimum Gasteiger partial charge on any atom is -0.398 e. The summed E-state index contributed by atoms with van der Waals surface area (Å²) in [5.41, 5.74) is 9.16. The molecule has 4 heteroatoms. The van der Waals surface area contributed by atoms with Crippen molar-refractivity contribution in [2.24, 2.45) is 0 Å². The summed E-state index contributed by atoms with van der Waals surface area (Å²) in [4.78, 5) is 9.41. The van der Waals surface area contributed by atoms with Crippen molar-refractivity contribution in [1.29, 1.82) is 0 Å². The Morgan fingerprint density at radius 3 is 3.05 bits per heavy atom. The Bertz CT molecular complexity index is 625. The van der Waals surface area contributed by atoms with Gasteiger partial charge in [-0.25, -0.2) is 0 Å². The molecule has 1 aliphatic heterocycles. The fraction of sp³-hybridized carbons (Fsp3) is 0.471. The van der Waals surface area contributed by atoms with Gasteiger partial charge in [0.15, 0.2) is 0 Å². The van der Waals surface area contributed by atoms with Gasteiger partial charge in [-0.05, 0) is 57.2 Å². The largest absolute Gasteiger partial charge is 0.398 e. The Balaban J connectivity index is 1.83. The first kappa shape index (κ1) is 14.3. The number of likely N-dealkylation sites (tertiary alicyclic amines) is 1. The minimum absolute atomic E-state index is 0.625. The van der Waals surface area contributed by atoms with Gasteiger partial charge in [-0.3, -0.25) is 9.88 Å². The van der Waals surface area contributed by atoms with Crippen LogP contribution in [0.4, 0.5) is 5.69 Å². The number of hydrogen-bond acceptors (Lipinski definition) is 4. The number of hydrogen-bond donors (Lipinski definition) is 1. The lowest BCUT2D eigenvalue weighted by atomic mass is 10.0. The molecule has 1 aromatic carbocycles. The average Bonchev–Trinajstić information content (AvgIpc) is 2.50. The molecular weight excluding hydrogens is 260 g/mol. The number of aromatic nitrogens is 1. The van der Waals surface area contributed by atoms with E-state index >= 15 is 0 Å². The molecule has 2 heterocycles. The van der Waals surface area contributed by atoms with Gasteiger partial charge in [-0.15, -0.1) is 0 Å². The van der Waals surface area contributed by atoms with E-state index in [9.17, 15) is 0 Å². The Kier molecular flexibility index (Phi) is 4.08. The maximum atomic E-state index is 6.06. The summed E-state index contributed by atoms with van der Waals surface area (Å²) >= 11 is 0. The third-order valence-electron chi connectivity index (χ3n) is 4.53. The number of nitrogen functional groups attached to an aromatic ring is 1. The standard InChI is InChI=1S/C17H24N4/c1-20-10-4-5-14(12-20)21(2)11-13-7-8-16(18)15-6-3-9-19-17(13)15/h3,6-9,14H,4-5,10-12,18H2,1-2H3. The van der Waals surface area contributed by atoms with Crippen molar-refractivity contribution in [2.75, 3.05) is 32.9 Å². The molecule has 2 N–H and O–H groups in total. The van der Waals surface area contributed by atoms with Crippen molar-refractivity contribution in [2.45, 2.75) is 25.4 Å². The second kappa shape index (κ2) is 6.00. The summed E-state index contributed by atoms with van der Waals surface area (Å²) in [6, 6.07) is 8.74. The number of benzene rings is 1. The van der Waals surface area contributed by atoms with Crippen molar-refractivity contribution >= 4 is 16.6 Å². The van der Waals surface area contributed by atoms with Gasteiger partial charge in [0.05, 0.1) is 5.52 Å². The lowest BCUT2D eigenvalue weighted by Gasteiger charge is -2.36. The molecule has 2 aromatic rings. The van der Waals surface area contributed by atoms with E-state index in [-0.39, 0.29) is 0 Å². The number of nitrogens with two attached hydrogens (primary N) is 1. The SMILES string of the molecule is CN1CCCC(N(C)Cc2ccc(N)c3cccnc23)C1. The Labute approximate surface area is 126 Å². The normalized spacial score (nSPS) is 20.2. The number of fused-ring (bicyclic) bond motifs is 1. The fourth-order valence-corrected chi connectivity index (χ4v) is 3.28. The van der Waals surface area contributed by atoms with Gasteiger partial charge in [-0.1, -0.05) is 6.07 Å². The predicted molar refractivity (Wildman–Crippen MR) is 88.1 cm³/mol. The molecule has 0 spiro atoms. The number of piperidine rings is 1. The van der Waals surface area contributed by atoms with Crippen LogP contribution in [-0.4, -0.2) is 48.0 Å². The van der Waals surface area contributed by atoms with Crippen LogP contribution in [0, 0.1) is 0 Å². The molecule has 1 aliphatic rings. The third-order valence-corrected chi connectivity index (χ3v) is 4.53. The zero-order valence-corrected chi connectivity index (χ0v) is 12.9. The molecule has 0 saturated carbocycles. The van der Waals surface area contributed by atoms with Gasteiger partial charge in [0.1, 0.15) is 0 Å². The smallest absolute Gasteiger partial charge is 0.0767 e. The maximum Gasteiger partial charge on any atom is 0.0767 e. The summed E-state index contributed by atoms with van der Waals surface area (Å²) in [6.07, 6.45) is 4.41. The maximum absolute atomic E-state index is 6.06. The monoisotopic (exact) mass is 284 g/mol. The number of pyridine rings is 1. The molecule has 1 aromatic heterocycles. The highest BCUT2D eigenvalue weighted by atomic mass is 15.2. The zero-order valence-electron chi connectivity index (χ0n) is 12.9. The quantitative estimate of drug-likeness (QED) is 0.879. The van der Waals surface area contributed by atoms with E-state index < -0.39 is 0 Å². The van der Waals surface area contributed by atoms with E-state index in [4.69, 9.17) is 5.73 Å². The highest BCUT2D eigenvalue weighted by molar-refractivity contribution is 5.92. The summed E-state index contributed by atoms with van der Waals surface area (Å²) in [6.45, 7) is 3.29. The molecule has 1 atom stereocenters. The lowest BCUT2D eigenvalue weighted by Crippen LogP contribution is -2.44. The van der Waals surface area contributed by atoms with Gasteiger partial charge in [0.25, 0.3) is 0 Å². The Morgan fingerprint density at radius 2 is 2.24 bits per heavy atom. The first-order chi connectivity index (χ1) is 10.1. The molecule has 21 heavy (non-hydrogen) atoms. The van der Waals surface area contributed by atoms with E-state index in [0.29, 0.717) is 6.04 Å². The van der Waals surface area contributed by atoms with Gasteiger partial charge >= 0.3 is 0 Å². The molecular formula is C17H24N4. The second-order valence-electron chi connectivity index (χ2n) is 6.19.